The number of anilines is 1. The number of nitrogens with zero attached hydrogens (tertiary/aromatic N) is 1. The number of hydrogen-bond acceptors (Lipinski definition) is 3. The number of nitrogens with one attached hydrogen (secondary N) is 1. The van der Waals surface area contributed by atoms with Gasteiger partial charge in [0.1, 0.15) is 0 Å². The number of sulfonamides is 1. The van der Waals surface area contributed by atoms with Crippen LogP contribution in [0.3, 0.4) is 0 Å². The summed E-state index contributed by atoms with van der Waals surface area (Å²) in [7, 11) is -3.76. The van der Waals surface area contributed by atoms with Crippen LogP contribution in [0.1, 0.15) is 37.8 Å². The van der Waals surface area contributed by atoms with E-state index in [1.54, 1.807) is 36.4 Å². The van der Waals surface area contributed by atoms with E-state index < -0.39 is 10.0 Å². The molecule has 1 amide bonds. The molecule has 2 rings (SSSR count). The van der Waals surface area contributed by atoms with Crippen LogP contribution in [0.5, 0.6) is 0 Å². The fourth-order valence-corrected chi connectivity index (χ4v) is 4.05. The molecule has 146 valence electrons. The maximum absolute atomic E-state index is 13.2. The molecule has 27 heavy (non-hydrogen) atoms. The van der Waals surface area contributed by atoms with Gasteiger partial charge in [-0.1, -0.05) is 42.3 Å². The van der Waals surface area contributed by atoms with Gasteiger partial charge < -0.3 is 5.32 Å². The van der Waals surface area contributed by atoms with Crippen molar-refractivity contribution in [1.29, 1.82) is 0 Å². The highest BCUT2D eigenvalue weighted by Crippen LogP contribution is 2.24. The van der Waals surface area contributed by atoms with Gasteiger partial charge in [0.05, 0.1) is 10.6 Å². The lowest BCUT2D eigenvalue weighted by Gasteiger charge is -2.25. The molecule has 0 heterocycles. The second-order valence-corrected chi connectivity index (χ2v) is 8.71. The van der Waals surface area contributed by atoms with Crippen LogP contribution in [-0.2, 0) is 14.8 Å². The van der Waals surface area contributed by atoms with E-state index in [9.17, 15) is 13.2 Å². The van der Waals surface area contributed by atoms with Crippen molar-refractivity contribution in [2.24, 2.45) is 0 Å². The van der Waals surface area contributed by atoms with Gasteiger partial charge in [0.2, 0.25) is 5.91 Å². The molecule has 0 saturated heterocycles. The molecular formula is C21H28N2O3S. The third-order valence-corrected chi connectivity index (χ3v) is 6.33. The van der Waals surface area contributed by atoms with Gasteiger partial charge in [-0.25, -0.2) is 8.42 Å². The minimum atomic E-state index is -3.76. The van der Waals surface area contributed by atoms with Crippen LogP contribution in [0, 0.1) is 13.8 Å². The highest BCUT2D eigenvalue weighted by atomic mass is 32.2. The summed E-state index contributed by atoms with van der Waals surface area (Å²) in [5.74, 6) is -0.152. The van der Waals surface area contributed by atoms with Crippen molar-refractivity contribution in [2.45, 2.75) is 51.5 Å². The Hall–Kier alpha value is -2.34. The third-order valence-electron chi connectivity index (χ3n) is 4.49. The Labute approximate surface area is 162 Å². The second-order valence-electron chi connectivity index (χ2n) is 6.85. The zero-order valence-corrected chi connectivity index (χ0v) is 17.2. The van der Waals surface area contributed by atoms with Gasteiger partial charge in [-0.2, -0.15) is 0 Å². The van der Waals surface area contributed by atoms with Crippen LogP contribution in [0.25, 0.3) is 0 Å². The van der Waals surface area contributed by atoms with Gasteiger partial charge in [0, 0.05) is 19.0 Å². The van der Waals surface area contributed by atoms with Crippen molar-refractivity contribution in [3.05, 3.63) is 59.7 Å². The Kier molecular flexibility index (Phi) is 7.02. The van der Waals surface area contributed by atoms with Crippen molar-refractivity contribution in [2.75, 3.05) is 10.8 Å². The smallest absolute Gasteiger partial charge is 0.264 e. The SMILES string of the molecule is CCC(C)NC(=O)CCN(c1ccc(C)cc1)S(=O)(=O)c1ccc(C)cc1. The number of benzene rings is 2. The fourth-order valence-electron chi connectivity index (χ4n) is 2.59. The zero-order valence-electron chi connectivity index (χ0n) is 16.4. The Morgan fingerprint density at radius 3 is 2.04 bits per heavy atom. The van der Waals surface area contributed by atoms with Crippen LogP contribution in [0.4, 0.5) is 5.69 Å². The Morgan fingerprint density at radius 1 is 1.00 bits per heavy atom. The van der Waals surface area contributed by atoms with Gasteiger partial charge in [0.15, 0.2) is 0 Å². The topological polar surface area (TPSA) is 66.5 Å². The van der Waals surface area contributed by atoms with Crippen LogP contribution < -0.4 is 9.62 Å². The van der Waals surface area contributed by atoms with E-state index in [4.69, 9.17) is 0 Å². The third kappa shape index (κ3) is 5.57. The van der Waals surface area contributed by atoms with Crippen LogP contribution in [0.15, 0.2) is 53.4 Å². The second kappa shape index (κ2) is 9.04. The molecule has 6 heteroatoms. The minimum absolute atomic E-state index is 0.0685. The molecule has 0 aromatic heterocycles. The quantitative estimate of drug-likeness (QED) is 0.748. The average Bonchev–Trinajstić information content (AvgIpc) is 2.63. The van der Waals surface area contributed by atoms with E-state index in [0.717, 1.165) is 17.5 Å². The molecule has 5 nitrogen and oxygen atoms in total. The lowest BCUT2D eigenvalue weighted by atomic mass is 10.2. The van der Waals surface area contributed by atoms with Crippen molar-refractivity contribution in [1.82, 2.24) is 5.32 Å². The summed E-state index contributed by atoms with van der Waals surface area (Å²) in [5.41, 5.74) is 2.59. The predicted molar refractivity (Wildman–Crippen MR) is 109 cm³/mol. The number of amides is 1. The molecule has 1 N–H and O–H groups in total. The van der Waals surface area contributed by atoms with Gasteiger partial charge in [-0.05, 0) is 51.5 Å². The molecule has 1 unspecified atom stereocenters. The molecule has 0 saturated carbocycles. The van der Waals surface area contributed by atoms with E-state index in [-0.39, 0.29) is 29.8 Å². The Morgan fingerprint density at radius 2 is 1.52 bits per heavy atom. The standard InChI is InChI=1S/C21H28N2O3S/c1-5-18(4)22-21(24)14-15-23(19-10-6-16(2)7-11-19)27(25,26)20-12-8-17(3)9-13-20/h6-13,18H,5,14-15H2,1-4H3,(H,22,24). The molecule has 0 radical (unpaired) electrons. The minimum Gasteiger partial charge on any atom is -0.354 e. The molecule has 2 aromatic rings. The number of hydrogen-bond donors (Lipinski definition) is 1. The molecule has 0 aliphatic carbocycles. The number of carbonyl (C=O) groups is 1. The first-order valence-electron chi connectivity index (χ1n) is 9.19. The van der Waals surface area contributed by atoms with E-state index in [0.29, 0.717) is 5.69 Å². The normalized spacial score (nSPS) is 12.4. The van der Waals surface area contributed by atoms with E-state index in [1.165, 1.54) is 4.31 Å². The van der Waals surface area contributed by atoms with Crippen molar-refractivity contribution in [3.63, 3.8) is 0 Å². The molecular weight excluding hydrogens is 360 g/mol. The molecule has 0 aliphatic heterocycles. The first kappa shape index (κ1) is 21.0. The predicted octanol–water partition coefficient (Wildman–Crippen LogP) is 3.80. The summed E-state index contributed by atoms with van der Waals surface area (Å²) in [6.07, 6.45) is 0.929. The molecule has 1 atom stereocenters. The molecule has 0 fully saturated rings. The van der Waals surface area contributed by atoms with E-state index in [2.05, 4.69) is 5.32 Å². The zero-order chi connectivity index (χ0) is 20.0. The van der Waals surface area contributed by atoms with Crippen LogP contribution in [0.2, 0.25) is 0 Å². The molecule has 2 aromatic carbocycles. The summed E-state index contributed by atoms with van der Waals surface area (Å²) < 4.78 is 27.7. The van der Waals surface area contributed by atoms with E-state index in [1.807, 2.05) is 39.8 Å². The number of rotatable bonds is 8. The molecule has 0 aliphatic rings. The highest BCUT2D eigenvalue weighted by molar-refractivity contribution is 7.92. The first-order valence-corrected chi connectivity index (χ1v) is 10.6. The number of carbonyl (C=O) groups excluding carboxylic acids is 1. The largest absolute Gasteiger partial charge is 0.354 e. The van der Waals surface area contributed by atoms with E-state index >= 15 is 0 Å². The molecule has 0 bridgehead atoms. The summed E-state index contributed by atoms with van der Waals surface area (Å²) >= 11 is 0. The van der Waals surface area contributed by atoms with Gasteiger partial charge in [-0.15, -0.1) is 0 Å². The lowest BCUT2D eigenvalue weighted by Crippen LogP contribution is -2.37. The number of aryl methyl sites for hydroxylation is 2. The summed E-state index contributed by atoms with van der Waals surface area (Å²) in [4.78, 5) is 12.4. The summed E-state index contributed by atoms with van der Waals surface area (Å²) in [6, 6.07) is 14.1. The summed E-state index contributed by atoms with van der Waals surface area (Å²) in [5, 5.41) is 2.88. The van der Waals surface area contributed by atoms with Crippen LogP contribution >= 0.6 is 0 Å². The van der Waals surface area contributed by atoms with Crippen molar-refractivity contribution in [3.8, 4) is 0 Å². The Balaban J connectivity index is 2.30. The Bertz CT molecular complexity index is 859. The first-order chi connectivity index (χ1) is 12.7. The highest BCUT2D eigenvalue weighted by Gasteiger charge is 2.25. The van der Waals surface area contributed by atoms with Crippen LogP contribution in [-0.4, -0.2) is 26.9 Å². The van der Waals surface area contributed by atoms with Crippen molar-refractivity contribution < 1.29 is 13.2 Å². The van der Waals surface area contributed by atoms with Gasteiger partial charge >= 0.3 is 0 Å². The van der Waals surface area contributed by atoms with Gasteiger partial charge in [-0.3, -0.25) is 9.10 Å². The average molecular weight is 389 g/mol. The van der Waals surface area contributed by atoms with Gasteiger partial charge in [0.25, 0.3) is 10.0 Å². The maximum atomic E-state index is 13.2. The molecule has 0 spiro atoms. The van der Waals surface area contributed by atoms with Crippen molar-refractivity contribution >= 4 is 21.6 Å². The fraction of sp³-hybridized carbons (Fsp3) is 0.381. The summed E-state index contributed by atoms with van der Waals surface area (Å²) in [6.45, 7) is 7.86. The monoisotopic (exact) mass is 388 g/mol. The lowest BCUT2D eigenvalue weighted by molar-refractivity contribution is -0.121. The maximum Gasteiger partial charge on any atom is 0.264 e.